The first-order valence-corrected chi connectivity index (χ1v) is 18.1. The van der Waals surface area contributed by atoms with Gasteiger partial charge in [-0.2, -0.15) is 0 Å². The summed E-state index contributed by atoms with van der Waals surface area (Å²) < 4.78 is 23.2. The molecule has 1 aliphatic carbocycles. The Morgan fingerprint density at radius 2 is 1.60 bits per heavy atom. The van der Waals surface area contributed by atoms with Crippen LogP contribution < -0.4 is 10.1 Å². The summed E-state index contributed by atoms with van der Waals surface area (Å²) in [6.45, 7) is 12.3. The molecule has 282 valence electrons. The zero-order chi connectivity index (χ0) is 39.0. The van der Waals surface area contributed by atoms with Gasteiger partial charge in [-0.1, -0.05) is 45.9 Å². The number of nitrogens with one attached hydrogen (secondary N) is 1. The van der Waals surface area contributed by atoms with Crippen molar-refractivity contribution in [2.45, 2.75) is 85.6 Å². The Hall–Kier alpha value is -4.24. The first kappa shape index (κ1) is 40.5. The first-order chi connectivity index (χ1) is 24.3. The Labute approximate surface area is 307 Å². The third kappa shape index (κ3) is 7.34. The van der Waals surface area contributed by atoms with Crippen LogP contribution in [0.15, 0.2) is 46.7 Å². The summed E-state index contributed by atoms with van der Waals surface area (Å²) in [6, 6.07) is 0. The molecule has 0 spiro atoms. The standard InChI is InChI=1S/C38H47NO12S/c1-16-12-11-13-17(2)37(47)39-27-31(44)25-24(32(45)35(27)52-10)26-34(21(6)30(25)43)51-38(8,36(26)46)49-15-14-23(48-9)18(3)33(50-22(7)40)20(5)29(42)19(4)28(16)41/h11-16,18-20,23,28-29,33,41-43H,1-10H3,(H,39,47)/b12-11+,15-14+,17-13+. The lowest BCUT2D eigenvalue weighted by molar-refractivity contribution is -0.160. The number of hydrogen-bond donors (Lipinski definition) is 4. The molecule has 1 aromatic carbocycles. The number of aromatic hydroxyl groups is 1. The van der Waals surface area contributed by atoms with Crippen LogP contribution >= 0.6 is 11.8 Å². The molecule has 0 aromatic heterocycles. The van der Waals surface area contributed by atoms with Crippen molar-refractivity contribution in [3.8, 4) is 11.5 Å². The van der Waals surface area contributed by atoms with Crippen LogP contribution in [0.4, 0.5) is 0 Å². The maximum absolute atomic E-state index is 14.1. The van der Waals surface area contributed by atoms with Crippen molar-refractivity contribution in [3.63, 3.8) is 0 Å². The SMILES string of the molecule is COC1/C=C/OC2(C)Oc3c(C)c(O)c4c(c3C2=O)C(=O)C(SC)=C(NC(=O)/C(C)=C/C=C/C(C)C(O)C(C)C(O)C(C)C(OC(C)=O)C1C)C4=O. The summed E-state index contributed by atoms with van der Waals surface area (Å²) in [4.78, 5) is 67.5. The number of amides is 1. The van der Waals surface area contributed by atoms with E-state index in [2.05, 4.69) is 5.32 Å². The van der Waals surface area contributed by atoms with Gasteiger partial charge in [0.05, 0.1) is 46.2 Å². The summed E-state index contributed by atoms with van der Waals surface area (Å²) in [5.74, 6) is -8.95. The molecule has 0 saturated heterocycles. The van der Waals surface area contributed by atoms with Gasteiger partial charge in [0.15, 0.2) is 0 Å². The summed E-state index contributed by atoms with van der Waals surface area (Å²) in [5, 5.41) is 36.4. The monoisotopic (exact) mass is 741 g/mol. The minimum atomic E-state index is -2.04. The predicted octanol–water partition coefficient (Wildman–Crippen LogP) is 4.32. The largest absolute Gasteiger partial charge is 0.507 e. The third-order valence-corrected chi connectivity index (χ3v) is 10.9. The summed E-state index contributed by atoms with van der Waals surface area (Å²) >= 11 is 0.893. The number of ether oxygens (including phenoxy) is 4. The van der Waals surface area contributed by atoms with E-state index in [0.717, 1.165) is 11.8 Å². The Bertz CT molecular complexity index is 1790. The van der Waals surface area contributed by atoms with E-state index in [4.69, 9.17) is 18.9 Å². The van der Waals surface area contributed by atoms with Crippen molar-refractivity contribution in [2.24, 2.45) is 23.7 Å². The second kappa shape index (κ2) is 15.8. The molecular formula is C38H47NO12S. The second-order valence-corrected chi connectivity index (χ2v) is 14.5. The number of benzene rings is 1. The van der Waals surface area contributed by atoms with Crippen molar-refractivity contribution in [1.29, 1.82) is 0 Å². The Morgan fingerprint density at radius 3 is 2.19 bits per heavy atom. The smallest absolute Gasteiger partial charge is 0.312 e. The minimum Gasteiger partial charge on any atom is -0.507 e. The molecule has 5 bridgehead atoms. The lowest BCUT2D eigenvalue weighted by atomic mass is 9.78. The number of phenols is 1. The molecule has 9 unspecified atom stereocenters. The van der Waals surface area contributed by atoms with Crippen molar-refractivity contribution < 1.29 is 58.2 Å². The number of aliphatic hydroxyl groups excluding tert-OH is 2. The zero-order valence-corrected chi connectivity index (χ0v) is 31.7. The number of rotatable bonds is 3. The number of esters is 1. The highest BCUT2D eigenvalue weighted by Gasteiger charge is 2.52. The second-order valence-electron chi connectivity index (χ2n) is 13.7. The van der Waals surface area contributed by atoms with Gasteiger partial charge in [0.1, 0.15) is 23.3 Å². The van der Waals surface area contributed by atoms with E-state index < -0.39 is 94.4 Å². The van der Waals surface area contributed by atoms with Crippen molar-refractivity contribution in [1.82, 2.24) is 5.32 Å². The lowest BCUT2D eigenvalue weighted by Gasteiger charge is -2.38. The van der Waals surface area contributed by atoms with Crippen LogP contribution in [-0.4, -0.2) is 88.1 Å². The van der Waals surface area contributed by atoms with Gasteiger partial charge in [0.25, 0.3) is 11.7 Å². The topological polar surface area (TPSA) is 195 Å². The number of aliphatic hydroxyl groups is 2. The number of methoxy groups -OCH3 is 1. The van der Waals surface area contributed by atoms with E-state index in [-0.39, 0.29) is 38.6 Å². The maximum Gasteiger partial charge on any atom is 0.312 e. The van der Waals surface area contributed by atoms with Crippen LogP contribution in [-0.2, 0) is 23.8 Å². The highest BCUT2D eigenvalue weighted by atomic mass is 32.2. The van der Waals surface area contributed by atoms with Gasteiger partial charge in [-0.3, -0.25) is 24.0 Å². The average molecular weight is 742 g/mol. The van der Waals surface area contributed by atoms with Gasteiger partial charge in [-0.15, -0.1) is 11.8 Å². The number of fused-ring (bicyclic) bond motifs is 14. The molecule has 3 aliphatic heterocycles. The van der Waals surface area contributed by atoms with Crippen LogP contribution in [0.3, 0.4) is 0 Å². The van der Waals surface area contributed by atoms with Gasteiger partial charge in [-0.25, -0.2) is 0 Å². The molecule has 5 rings (SSSR count). The molecule has 9 atom stereocenters. The molecular weight excluding hydrogens is 694 g/mol. The van der Waals surface area contributed by atoms with Crippen LogP contribution in [0.1, 0.15) is 85.1 Å². The van der Waals surface area contributed by atoms with E-state index in [1.165, 1.54) is 59.5 Å². The van der Waals surface area contributed by atoms with Gasteiger partial charge in [0.2, 0.25) is 11.6 Å². The van der Waals surface area contributed by atoms with Gasteiger partial charge < -0.3 is 39.6 Å². The summed E-state index contributed by atoms with van der Waals surface area (Å²) in [6.07, 6.45) is 4.98. The predicted molar refractivity (Wildman–Crippen MR) is 192 cm³/mol. The molecule has 3 heterocycles. The Kier molecular flexibility index (Phi) is 12.3. The van der Waals surface area contributed by atoms with Gasteiger partial charge in [-0.05, 0) is 26.2 Å². The van der Waals surface area contributed by atoms with Crippen LogP contribution in [0.25, 0.3) is 0 Å². The van der Waals surface area contributed by atoms with Crippen molar-refractivity contribution in [2.75, 3.05) is 13.4 Å². The van der Waals surface area contributed by atoms with Crippen molar-refractivity contribution in [3.05, 3.63) is 69.0 Å². The highest BCUT2D eigenvalue weighted by molar-refractivity contribution is 8.03. The molecule has 52 heavy (non-hydrogen) atoms. The van der Waals surface area contributed by atoms with E-state index in [9.17, 15) is 39.3 Å². The fourth-order valence-corrected chi connectivity index (χ4v) is 7.49. The number of phenolic OH excluding ortho intramolecular Hbond substituents is 1. The number of hydrogen-bond acceptors (Lipinski definition) is 13. The van der Waals surface area contributed by atoms with Crippen LogP contribution in [0.2, 0.25) is 0 Å². The molecule has 0 radical (unpaired) electrons. The van der Waals surface area contributed by atoms with E-state index in [1.54, 1.807) is 39.8 Å². The molecule has 1 amide bonds. The fourth-order valence-electron chi connectivity index (χ4n) is 6.86. The number of allylic oxidation sites excluding steroid dienone is 4. The molecule has 1 aromatic rings. The number of carbonyl (C=O) groups is 5. The molecule has 0 saturated carbocycles. The number of Topliss-reactive ketones (excluding diaryl/α,β-unsaturated/α-hetero) is 3. The normalized spacial score (nSPS) is 33.8. The third-order valence-electron chi connectivity index (χ3n) is 10.1. The molecule has 13 nitrogen and oxygen atoms in total. The number of ketones is 3. The minimum absolute atomic E-state index is 0.00950. The average Bonchev–Trinajstić information content (AvgIpc) is 3.36. The summed E-state index contributed by atoms with van der Waals surface area (Å²) in [7, 11) is 1.42. The van der Waals surface area contributed by atoms with E-state index >= 15 is 0 Å². The van der Waals surface area contributed by atoms with Crippen LogP contribution in [0.5, 0.6) is 11.5 Å². The lowest BCUT2D eigenvalue weighted by Crippen LogP contribution is -2.46. The fraction of sp³-hybridized carbons (Fsp3) is 0.500. The Balaban J connectivity index is 1.88. The van der Waals surface area contributed by atoms with E-state index in [1.807, 2.05) is 0 Å². The number of thioether (sulfide) groups is 1. The molecule has 4 aliphatic rings. The molecule has 14 heteroatoms. The maximum atomic E-state index is 14.1. The van der Waals surface area contributed by atoms with Gasteiger partial charge in [0, 0.05) is 55.8 Å². The number of carbonyl (C=O) groups excluding carboxylic acids is 5. The zero-order valence-electron chi connectivity index (χ0n) is 30.9. The highest BCUT2D eigenvalue weighted by Crippen LogP contribution is 2.49. The van der Waals surface area contributed by atoms with Crippen LogP contribution in [0, 0.1) is 30.6 Å². The molecule has 4 N–H and O–H groups in total. The quantitative estimate of drug-likeness (QED) is 0.320. The Morgan fingerprint density at radius 1 is 0.942 bits per heavy atom. The molecule has 0 fully saturated rings. The van der Waals surface area contributed by atoms with E-state index in [0.29, 0.717) is 0 Å². The first-order valence-electron chi connectivity index (χ1n) is 16.9. The van der Waals surface area contributed by atoms with Crippen molar-refractivity contribution >= 4 is 41.0 Å². The van der Waals surface area contributed by atoms with Gasteiger partial charge >= 0.3 is 11.8 Å². The summed E-state index contributed by atoms with van der Waals surface area (Å²) in [5.41, 5.74) is -1.24.